The van der Waals surface area contributed by atoms with Crippen molar-refractivity contribution in [2.24, 2.45) is 17.8 Å². The minimum Gasteiger partial charge on any atom is -0.633 e. The maximum absolute atomic E-state index is 13.2. The zero-order chi connectivity index (χ0) is 13.5. The number of carbonyl (C=O) groups excluding carboxylic acids is 1. The highest BCUT2D eigenvalue weighted by molar-refractivity contribution is 5.78. The van der Waals surface area contributed by atoms with Gasteiger partial charge in [-0.1, -0.05) is 6.92 Å². The van der Waals surface area contributed by atoms with Crippen molar-refractivity contribution in [3.8, 4) is 0 Å². The van der Waals surface area contributed by atoms with Crippen molar-refractivity contribution in [3.05, 3.63) is 5.21 Å². The summed E-state index contributed by atoms with van der Waals surface area (Å²) in [5.74, 6) is 2.12. The molecule has 0 spiro atoms. The number of quaternary nitrogens is 1. The summed E-state index contributed by atoms with van der Waals surface area (Å²) < 4.78 is 0.0691. The molecular formula is C16H27NO2. The van der Waals surface area contributed by atoms with Crippen LogP contribution in [0, 0.1) is 23.0 Å². The van der Waals surface area contributed by atoms with Gasteiger partial charge in [0, 0.05) is 25.2 Å². The molecule has 1 saturated carbocycles. The van der Waals surface area contributed by atoms with E-state index in [4.69, 9.17) is 0 Å². The van der Waals surface area contributed by atoms with Gasteiger partial charge in [-0.25, -0.2) is 0 Å². The van der Waals surface area contributed by atoms with Gasteiger partial charge in [-0.15, -0.1) is 0 Å². The predicted octanol–water partition coefficient (Wildman–Crippen LogP) is 3.27. The van der Waals surface area contributed by atoms with Gasteiger partial charge < -0.3 is 9.85 Å². The normalized spacial score (nSPS) is 47.8. The molecule has 3 nitrogen and oxygen atoms in total. The van der Waals surface area contributed by atoms with Crippen LogP contribution in [0.5, 0.6) is 0 Å². The number of hydroxylamine groups is 3. The Labute approximate surface area is 116 Å². The fourth-order valence-electron chi connectivity index (χ4n) is 5.03. The van der Waals surface area contributed by atoms with Gasteiger partial charge in [0.05, 0.1) is 19.1 Å². The van der Waals surface area contributed by atoms with Gasteiger partial charge in [0.2, 0.25) is 0 Å². The quantitative estimate of drug-likeness (QED) is 0.498. The lowest BCUT2D eigenvalue weighted by Crippen LogP contribution is -2.61. The molecule has 108 valence electrons. The van der Waals surface area contributed by atoms with Crippen molar-refractivity contribution in [1.29, 1.82) is 0 Å². The number of carbonyl (C=O) groups is 1. The van der Waals surface area contributed by atoms with Crippen molar-refractivity contribution in [2.75, 3.05) is 13.1 Å². The van der Waals surface area contributed by atoms with Gasteiger partial charge in [0.1, 0.15) is 5.78 Å². The SMILES string of the molecule is CC1C[C@H]2CC(=O)CCCC[N+]3([O-])CCC[C@H]2[C@H]3C1. The highest BCUT2D eigenvalue weighted by atomic mass is 16.5. The molecule has 2 saturated heterocycles. The van der Waals surface area contributed by atoms with Crippen LogP contribution in [0.25, 0.3) is 0 Å². The Hall–Kier alpha value is -0.410. The van der Waals surface area contributed by atoms with Crippen molar-refractivity contribution in [2.45, 2.75) is 64.3 Å². The summed E-state index contributed by atoms with van der Waals surface area (Å²) in [4.78, 5) is 12.1. The monoisotopic (exact) mass is 265 g/mol. The van der Waals surface area contributed by atoms with Gasteiger partial charge in [0.25, 0.3) is 0 Å². The lowest BCUT2D eigenvalue weighted by Gasteiger charge is -2.59. The van der Waals surface area contributed by atoms with Crippen molar-refractivity contribution in [1.82, 2.24) is 0 Å². The molecule has 0 aromatic rings. The van der Waals surface area contributed by atoms with Crippen LogP contribution in [0.1, 0.15) is 58.3 Å². The Morgan fingerprint density at radius 2 is 1.95 bits per heavy atom. The summed E-state index contributed by atoms with van der Waals surface area (Å²) in [6.45, 7) is 3.86. The van der Waals surface area contributed by atoms with E-state index < -0.39 is 0 Å². The third kappa shape index (κ3) is 2.59. The molecule has 5 atom stereocenters. The van der Waals surface area contributed by atoms with Crippen LogP contribution in [0.4, 0.5) is 0 Å². The van der Waals surface area contributed by atoms with Gasteiger partial charge in [0.15, 0.2) is 0 Å². The zero-order valence-corrected chi connectivity index (χ0v) is 12.1. The maximum Gasteiger partial charge on any atom is 0.133 e. The Morgan fingerprint density at radius 1 is 1.16 bits per heavy atom. The summed E-state index contributed by atoms with van der Waals surface area (Å²) in [5, 5.41) is 13.2. The summed E-state index contributed by atoms with van der Waals surface area (Å²) in [6, 6.07) is 0.299. The van der Waals surface area contributed by atoms with Gasteiger partial charge in [-0.05, 0) is 43.9 Å². The van der Waals surface area contributed by atoms with Gasteiger partial charge >= 0.3 is 0 Å². The van der Waals surface area contributed by atoms with E-state index in [2.05, 4.69) is 6.92 Å². The lowest BCUT2D eigenvalue weighted by atomic mass is 9.65. The van der Waals surface area contributed by atoms with E-state index in [-0.39, 0.29) is 4.65 Å². The van der Waals surface area contributed by atoms with E-state index in [0.29, 0.717) is 36.0 Å². The molecule has 3 rings (SSSR count). The summed E-state index contributed by atoms with van der Waals surface area (Å²) in [7, 11) is 0. The van der Waals surface area contributed by atoms with Crippen LogP contribution in [-0.4, -0.2) is 29.6 Å². The second-order valence-electron chi connectivity index (χ2n) is 7.31. The highest BCUT2D eigenvalue weighted by Crippen LogP contribution is 2.46. The molecule has 0 amide bonds. The lowest BCUT2D eigenvalue weighted by molar-refractivity contribution is -0.917. The first kappa shape index (κ1) is 13.6. The Balaban J connectivity index is 1.89. The molecule has 0 radical (unpaired) electrons. The molecule has 1 aliphatic carbocycles. The molecule has 2 unspecified atom stereocenters. The predicted molar refractivity (Wildman–Crippen MR) is 75.2 cm³/mol. The van der Waals surface area contributed by atoms with E-state index in [9.17, 15) is 10.0 Å². The molecule has 0 aromatic heterocycles. The highest BCUT2D eigenvalue weighted by Gasteiger charge is 2.47. The number of hydrogen-bond acceptors (Lipinski definition) is 2. The second-order valence-corrected chi connectivity index (χ2v) is 7.31. The van der Waals surface area contributed by atoms with Crippen LogP contribution in [0.2, 0.25) is 0 Å². The molecule has 3 fully saturated rings. The van der Waals surface area contributed by atoms with Crippen molar-refractivity contribution in [3.63, 3.8) is 0 Å². The third-order valence-corrected chi connectivity index (χ3v) is 5.86. The minimum atomic E-state index is 0.0691. The smallest absolute Gasteiger partial charge is 0.133 e. The minimum absolute atomic E-state index is 0.0691. The largest absolute Gasteiger partial charge is 0.633 e. The number of nitrogens with zero attached hydrogens (tertiary/aromatic N) is 1. The van der Waals surface area contributed by atoms with E-state index in [1.54, 1.807) is 0 Å². The molecular weight excluding hydrogens is 238 g/mol. The fraction of sp³-hybridized carbons (Fsp3) is 0.938. The van der Waals surface area contributed by atoms with Crippen LogP contribution in [0.3, 0.4) is 0 Å². The molecule has 2 heterocycles. The first-order valence-corrected chi connectivity index (χ1v) is 8.18. The summed E-state index contributed by atoms with van der Waals surface area (Å²) in [6.07, 6.45) is 7.87. The van der Waals surface area contributed by atoms with E-state index in [1.807, 2.05) is 0 Å². The van der Waals surface area contributed by atoms with Gasteiger partial charge in [-0.3, -0.25) is 4.79 Å². The molecule has 19 heavy (non-hydrogen) atoms. The van der Waals surface area contributed by atoms with Crippen molar-refractivity contribution >= 4 is 5.78 Å². The first-order chi connectivity index (χ1) is 9.08. The Morgan fingerprint density at radius 3 is 2.79 bits per heavy atom. The average Bonchev–Trinajstić information content (AvgIpc) is 2.35. The Bertz CT molecular complexity index is 357. The fourth-order valence-corrected chi connectivity index (χ4v) is 5.03. The average molecular weight is 265 g/mol. The topological polar surface area (TPSA) is 40.1 Å². The van der Waals surface area contributed by atoms with Crippen LogP contribution < -0.4 is 0 Å². The molecule has 2 aliphatic heterocycles. The standard InChI is InChI=1S/C16H27NO2/c1-12-9-13-11-14(18)5-2-3-7-17(19)8-4-6-15(13)16(17)10-12/h12-13,15-16H,2-11H2,1H3/t12?,13-,15+,16+,17?/m0/s1. The zero-order valence-electron chi connectivity index (χ0n) is 12.1. The second kappa shape index (κ2) is 5.17. The molecule has 3 heteroatoms. The number of ketones is 1. The molecule has 3 aliphatic rings. The van der Waals surface area contributed by atoms with E-state index in [1.165, 1.54) is 12.8 Å². The van der Waals surface area contributed by atoms with E-state index in [0.717, 1.165) is 45.2 Å². The third-order valence-electron chi connectivity index (χ3n) is 5.86. The van der Waals surface area contributed by atoms with Crippen LogP contribution in [-0.2, 0) is 4.79 Å². The number of Topliss-reactive ketones (excluding diaryl/α,β-unsaturated/α-hetero) is 1. The summed E-state index contributed by atoms with van der Waals surface area (Å²) in [5.41, 5.74) is 0. The molecule has 0 aromatic carbocycles. The molecule has 4 bridgehead atoms. The number of piperidine rings is 1. The maximum atomic E-state index is 13.2. The molecule has 0 N–H and O–H groups in total. The number of rotatable bonds is 0. The summed E-state index contributed by atoms with van der Waals surface area (Å²) >= 11 is 0. The van der Waals surface area contributed by atoms with Crippen LogP contribution in [0.15, 0.2) is 0 Å². The van der Waals surface area contributed by atoms with E-state index >= 15 is 0 Å². The van der Waals surface area contributed by atoms with Gasteiger partial charge in [-0.2, -0.15) is 0 Å². The van der Waals surface area contributed by atoms with Crippen LogP contribution >= 0.6 is 0 Å². The van der Waals surface area contributed by atoms with Crippen molar-refractivity contribution < 1.29 is 9.44 Å². The first-order valence-electron chi connectivity index (χ1n) is 8.18. The Kier molecular flexibility index (Phi) is 3.69. The number of hydrogen-bond donors (Lipinski definition) is 0.